The monoisotopic (exact) mass is 169 g/mol. The van der Waals surface area contributed by atoms with Crippen molar-refractivity contribution in [2.75, 3.05) is 6.61 Å². The first-order valence-electron chi connectivity index (χ1n) is 3.53. The molecule has 1 heterocycles. The lowest BCUT2D eigenvalue weighted by atomic mass is 10.1. The van der Waals surface area contributed by atoms with Gasteiger partial charge < -0.3 is 10.1 Å². The topological polar surface area (TPSA) is 36.0 Å². The third-order valence-corrected chi connectivity index (χ3v) is 1.86. The summed E-state index contributed by atoms with van der Waals surface area (Å²) in [5.41, 5.74) is 2.27. The van der Waals surface area contributed by atoms with Gasteiger partial charge in [-0.3, -0.25) is 0 Å². The Morgan fingerprint density at radius 1 is 1.64 bits per heavy atom. The molecule has 0 spiro atoms. The number of aliphatic hydroxyl groups excluding tert-OH is 1. The lowest BCUT2D eigenvalue weighted by Gasteiger charge is -2.01. The summed E-state index contributed by atoms with van der Waals surface area (Å²) < 4.78 is 0.740. The Bertz CT molecular complexity index is 292. The highest BCUT2D eigenvalue weighted by Crippen LogP contribution is 2.05. The molecule has 0 aliphatic rings. The van der Waals surface area contributed by atoms with Gasteiger partial charge in [-0.25, -0.2) is 0 Å². The van der Waals surface area contributed by atoms with Crippen molar-refractivity contribution >= 4 is 12.2 Å². The molecule has 0 atom stereocenters. The van der Waals surface area contributed by atoms with E-state index in [1.165, 1.54) is 0 Å². The van der Waals surface area contributed by atoms with Crippen LogP contribution in [0.5, 0.6) is 0 Å². The summed E-state index contributed by atoms with van der Waals surface area (Å²) >= 11 is 4.93. The third kappa shape index (κ3) is 2.13. The molecule has 11 heavy (non-hydrogen) atoms. The van der Waals surface area contributed by atoms with Crippen molar-refractivity contribution < 1.29 is 5.11 Å². The smallest absolute Gasteiger partial charge is 0.103 e. The molecular formula is C8H11NOS. The van der Waals surface area contributed by atoms with E-state index in [0.29, 0.717) is 6.42 Å². The first-order chi connectivity index (χ1) is 5.24. The van der Waals surface area contributed by atoms with E-state index in [9.17, 15) is 0 Å². The average molecular weight is 169 g/mol. The van der Waals surface area contributed by atoms with Crippen LogP contribution in [0.3, 0.4) is 0 Å². The van der Waals surface area contributed by atoms with Crippen molar-refractivity contribution in [2.45, 2.75) is 13.3 Å². The molecule has 0 radical (unpaired) electrons. The van der Waals surface area contributed by atoms with E-state index in [-0.39, 0.29) is 6.61 Å². The minimum absolute atomic E-state index is 0.186. The molecule has 0 aliphatic carbocycles. The fourth-order valence-corrected chi connectivity index (χ4v) is 1.23. The second-order valence-corrected chi connectivity index (χ2v) is 2.92. The van der Waals surface area contributed by atoms with Crippen LogP contribution in [0.2, 0.25) is 0 Å². The predicted molar refractivity (Wildman–Crippen MR) is 47.2 cm³/mol. The van der Waals surface area contributed by atoms with Gasteiger partial charge in [0, 0.05) is 12.8 Å². The molecule has 3 heteroatoms. The molecule has 1 aromatic heterocycles. The van der Waals surface area contributed by atoms with Crippen molar-refractivity contribution in [2.24, 2.45) is 0 Å². The number of nitrogens with one attached hydrogen (secondary N) is 1. The Balaban J connectivity index is 2.99. The largest absolute Gasteiger partial charge is 0.396 e. The van der Waals surface area contributed by atoms with Gasteiger partial charge in [-0.2, -0.15) is 0 Å². The van der Waals surface area contributed by atoms with Crippen LogP contribution >= 0.6 is 12.2 Å². The van der Waals surface area contributed by atoms with E-state index in [0.717, 1.165) is 15.8 Å². The maximum absolute atomic E-state index is 8.67. The lowest BCUT2D eigenvalue weighted by Crippen LogP contribution is -1.94. The van der Waals surface area contributed by atoms with Gasteiger partial charge in [-0.15, -0.1) is 0 Å². The van der Waals surface area contributed by atoms with Crippen LogP contribution in [-0.4, -0.2) is 16.7 Å². The zero-order chi connectivity index (χ0) is 8.27. The summed E-state index contributed by atoms with van der Waals surface area (Å²) in [6.07, 6.45) is 2.55. The molecule has 60 valence electrons. The normalized spacial score (nSPS) is 10.0. The molecule has 0 aliphatic heterocycles. The molecule has 1 rings (SSSR count). The molecule has 0 fully saturated rings. The van der Waals surface area contributed by atoms with Gasteiger partial charge in [0.2, 0.25) is 0 Å². The Kier molecular flexibility index (Phi) is 2.79. The van der Waals surface area contributed by atoms with Gasteiger partial charge in [-0.1, -0.05) is 12.2 Å². The van der Waals surface area contributed by atoms with E-state index in [1.54, 1.807) is 0 Å². The fourth-order valence-electron chi connectivity index (χ4n) is 0.993. The van der Waals surface area contributed by atoms with Crippen LogP contribution in [0, 0.1) is 11.6 Å². The van der Waals surface area contributed by atoms with E-state index in [2.05, 4.69) is 4.98 Å². The number of pyridine rings is 1. The molecule has 0 aromatic carbocycles. The summed E-state index contributed by atoms with van der Waals surface area (Å²) in [6.45, 7) is 2.18. The van der Waals surface area contributed by atoms with Crippen LogP contribution in [-0.2, 0) is 6.42 Å². The Labute approximate surface area is 70.9 Å². The molecule has 1 aromatic rings. The maximum Gasteiger partial charge on any atom is 0.103 e. The van der Waals surface area contributed by atoms with Crippen LogP contribution < -0.4 is 0 Å². The SMILES string of the molecule is Cc1cc(=S)[nH]cc1CCO. The summed E-state index contributed by atoms with van der Waals surface area (Å²) in [5.74, 6) is 0. The minimum Gasteiger partial charge on any atom is -0.396 e. The Morgan fingerprint density at radius 3 is 2.91 bits per heavy atom. The van der Waals surface area contributed by atoms with Crippen LogP contribution in [0.1, 0.15) is 11.1 Å². The summed E-state index contributed by atoms with van der Waals surface area (Å²) in [5, 5.41) is 8.67. The average Bonchev–Trinajstić information content (AvgIpc) is 1.95. The Morgan fingerprint density at radius 2 is 2.36 bits per heavy atom. The molecular weight excluding hydrogens is 158 g/mol. The molecule has 0 unspecified atom stereocenters. The predicted octanol–water partition coefficient (Wildman–Crippen LogP) is 1.59. The number of hydrogen-bond donors (Lipinski definition) is 2. The third-order valence-electron chi connectivity index (χ3n) is 1.62. The molecule has 0 amide bonds. The second-order valence-electron chi connectivity index (χ2n) is 2.48. The van der Waals surface area contributed by atoms with Gasteiger partial charge in [0.05, 0.1) is 0 Å². The maximum atomic E-state index is 8.67. The van der Waals surface area contributed by atoms with Crippen molar-refractivity contribution in [3.8, 4) is 0 Å². The fraction of sp³-hybridized carbons (Fsp3) is 0.375. The number of rotatable bonds is 2. The zero-order valence-electron chi connectivity index (χ0n) is 6.42. The molecule has 0 bridgehead atoms. The van der Waals surface area contributed by atoms with Gasteiger partial charge in [0.25, 0.3) is 0 Å². The number of H-pyrrole nitrogens is 1. The summed E-state index contributed by atoms with van der Waals surface area (Å²) in [6, 6.07) is 1.90. The number of hydrogen-bond acceptors (Lipinski definition) is 2. The highest BCUT2D eigenvalue weighted by molar-refractivity contribution is 7.71. The van der Waals surface area contributed by atoms with Gasteiger partial charge in [0.1, 0.15) is 4.64 Å². The molecule has 2 nitrogen and oxygen atoms in total. The summed E-state index contributed by atoms with van der Waals surface area (Å²) in [7, 11) is 0. The standard InChI is InChI=1S/C8H11NOS/c1-6-4-8(11)9-5-7(6)2-3-10/h4-5,10H,2-3H2,1H3,(H,9,11). The number of aliphatic hydroxyl groups is 1. The highest BCUT2D eigenvalue weighted by atomic mass is 32.1. The quantitative estimate of drug-likeness (QED) is 0.659. The van der Waals surface area contributed by atoms with Crippen molar-refractivity contribution in [3.05, 3.63) is 28.0 Å². The highest BCUT2D eigenvalue weighted by Gasteiger charge is 1.95. The molecule has 0 saturated heterocycles. The first kappa shape index (κ1) is 8.43. The van der Waals surface area contributed by atoms with E-state index >= 15 is 0 Å². The van der Waals surface area contributed by atoms with Gasteiger partial charge in [0.15, 0.2) is 0 Å². The first-order valence-corrected chi connectivity index (χ1v) is 3.94. The lowest BCUT2D eigenvalue weighted by molar-refractivity contribution is 0.299. The van der Waals surface area contributed by atoms with Crippen LogP contribution in [0.15, 0.2) is 12.3 Å². The van der Waals surface area contributed by atoms with Crippen molar-refractivity contribution in [1.82, 2.24) is 4.98 Å². The number of aromatic amines is 1. The minimum atomic E-state index is 0.186. The van der Waals surface area contributed by atoms with E-state index in [1.807, 2.05) is 19.2 Å². The van der Waals surface area contributed by atoms with Crippen LogP contribution in [0.25, 0.3) is 0 Å². The number of aryl methyl sites for hydroxylation is 1. The van der Waals surface area contributed by atoms with Crippen molar-refractivity contribution in [3.63, 3.8) is 0 Å². The van der Waals surface area contributed by atoms with E-state index < -0.39 is 0 Å². The van der Waals surface area contributed by atoms with Crippen molar-refractivity contribution in [1.29, 1.82) is 0 Å². The van der Waals surface area contributed by atoms with Gasteiger partial charge >= 0.3 is 0 Å². The molecule has 2 N–H and O–H groups in total. The number of aromatic nitrogens is 1. The van der Waals surface area contributed by atoms with E-state index in [4.69, 9.17) is 17.3 Å². The Hall–Kier alpha value is -0.670. The zero-order valence-corrected chi connectivity index (χ0v) is 7.24. The summed E-state index contributed by atoms with van der Waals surface area (Å²) in [4.78, 5) is 2.93. The second kappa shape index (κ2) is 3.64. The van der Waals surface area contributed by atoms with Gasteiger partial charge in [-0.05, 0) is 30.5 Å². The van der Waals surface area contributed by atoms with Crippen LogP contribution in [0.4, 0.5) is 0 Å². The molecule has 0 saturated carbocycles.